The first-order valence-electron chi connectivity index (χ1n) is 6.62. The lowest BCUT2D eigenvalue weighted by molar-refractivity contribution is -0.152. The molecule has 2 heterocycles. The van der Waals surface area contributed by atoms with Crippen molar-refractivity contribution >= 4 is 21.7 Å². The van der Waals surface area contributed by atoms with Gasteiger partial charge in [-0.25, -0.2) is 13.2 Å². The van der Waals surface area contributed by atoms with Crippen LogP contribution in [0.2, 0.25) is 0 Å². The Morgan fingerprint density at radius 2 is 1.95 bits per heavy atom. The predicted molar refractivity (Wildman–Crippen MR) is 68.4 cm³/mol. The van der Waals surface area contributed by atoms with Gasteiger partial charge in [0.2, 0.25) is 5.91 Å². The molecule has 2 rings (SSSR count). The SMILES string of the molecule is O=C(O)[C@@H]1CCCCN1C(=O)CC1CCS(=O)(=O)C1. The van der Waals surface area contributed by atoms with E-state index < -0.39 is 21.8 Å². The minimum Gasteiger partial charge on any atom is -0.480 e. The summed E-state index contributed by atoms with van der Waals surface area (Å²) in [5, 5.41) is 9.11. The number of amides is 1. The van der Waals surface area contributed by atoms with Gasteiger partial charge in [-0.2, -0.15) is 0 Å². The number of sulfone groups is 1. The second-order valence-corrected chi connectivity index (χ2v) is 7.64. The Kier molecular flexibility index (Phi) is 4.13. The van der Waals surface area contributed by atoms with E-state index in [0.29, 0.717) is 19.4 Å². The topological polar surface area (TPSA) is 91.8 Å². The van der Waals surface area contributed by atoms with E-state index in [9.17, 15) is 18.0 Å². The molecule has 2 atom stereocenters. The van der Waals surface area contributed by atoms with Crippen molar-refractivity contribution in [3.05, 3.63) is 0 Å². The number of carbonyl (C=O) groups excluding carboxylic acids is 1. The second-order valence-electron chi connectivity index (χ2n) is 5.41. The van der Waals surface area contributed by atoms with Crippen molar-refractivity contribution in [2.75, 3.05) is 18.1 Å². The smallest absolute Gasteiger partial charge is 0.326 e. The van der Waals surface area contributed by atoms with E-state index in [-0.39, 0.29) is 29.8 Å². The van der Waals surface area contributed by atoms with Gasteiger partial charge in [-0.3, -0.25) is 4.79 Å². The number of aliphatic carboxylic acids is 1. The summed E-state index contributed by atoms with van der Waals surface area (Å²) in [4.78, 5) is 24.7. The molecule has 2 fully saturated rings. The lowest BCUT2D eigenvalue weighted by Gasteiger charge is -2.33. The second kappa shape index (κ2) is 5.48. The van der Waals surface area contributed by atoms with Gasteiger partial charge < -0.3 is 10.0 Å². The van der Waals surface area contributed by atoms with E-state index in [1.165, 1.54) is 4.90 Å². The molecule has 108 valence electrons. The molecule has 6 nitrogen and oxygen atoms in total. The van der Waals surface area contributed by atoms with Crippen LogP contribution in [0.25, 0.3) is 0 Å². The van der Waals surface area contributed by atoms with Crippen LogP contribution >= 0.6 is 0 Å². The van der Waals surface area contributed by atoms with Crippen LogP contribution in [0.4, 0.5) is 0 Å². The largest absolute Gasteiger partial charge is 0.480 e. The van der Waals surface area contributed by atoms with Crippen LogP contribution in [-0.4, -0.2) is 54.4 Å². The summed E-state index contributed by atoms with van der Waals surface area (Å²) in [5.74, 6) is -1.12. The average Bonchev–Trinajstić information content (AvgIpc) is 2.68. The van der Waals surface area contributed by atoms with Crippen LogP contribution in [0.3, 0.4) is 0 Å². The van der Waals surface area contributed by atoms with Crippen LogP contribution in [0, 0.1) is 5.92 Å². The fourth-order valence-corrected chi connectivity index (χ4v) is 4.75. The number of piperidine rings is 1. The van der Waals surface area contributed by atoms with Gasteiger partial charge in [0.25, 0.3) is 0 Å². The molecule has 0 radical (unpaired) electrons. The molecule has 0 aliphatic carbocycles. The van der Waals surface area contributed by atoms with E-state index in [4.69, 9.17) is 5.11 Å². The molecule has 1 unspecified atom stereocenters. The number of nitrogens with zero attached hydrogens (tertiary/aromatic N) is 1. The monoisotopic (exact) mass is 289 g/mol. The predicted octanol–water partition coefficient (Wildman–Crippen LogP) is 0.277. The highest BCUT2D eigenvalue weighted by Crippen LogP contribution is 2.25. The van der Waals surface area contributed by atoms with Crippen LogP contribution < -0.4 is 0 Å². The minimum absolute atomic E-state index is 0.0598. The first-order valence-corrected chi connectivity index (χ1v) is 8.44. The molecule has 2 aliphatic rings. The third kappa shape index (κ3) is 3.46. The molecule has 0 saturated carbocycles. The summed E-state index contributed by atoms with van der Waals surface area (Å²) >= 11 is 0. The van der Waals surface area contributed by atoms with Crippen molar-refractivity contribution in [3.63, 3.8) is 0 Å². The molecule has 2 saturated heterocycles. The molecule has 0 spiro atoms. The van der Waals surface area contributed by atoms with E-state index in [1.54, 1.807) is 0 Å². The summed E-state index contributed by atoms with van der Waals surface area (Å²) in [6, 6.07) is -0.737. The highest BCUT2D eigenvalue weighted by Gasteiger charge is 2.35. The molecule has 0 aromatic heterocycles. The molecule has 0 aromatic carbocycles. The Labute approximate surface area is 112 Å². The number of carboxylic acids is 1. The normalized spacial score (nSPS) is 30.2. The Morgan fingerprint density at radius 3 is 2.53 bits per heavy atom. The van der Waals surface area contributed by atoms with Gasteiger partial charge in [0.05, 0.1) is 11.5 Å². The van der Waals surface area contributed by atoms with Gasteiger partial charge in [-0.05, 0) is 31.6 Å². The van der Waals surface area contributed by atoms with Gasteiger partial charge >= 0.3 is 5.97 Å². The number of hydrogen-bond acceptors (Lipinski definition) is 4. The van der Waals surface area contributed by atoms with E-state index >= 15 is 0 Å². The highest BCUT2D eigenvalue weighted by atomic mass is 32.2. The highest BCUT2D eigenvalue weighted by molar-refractivity contribution is 7.91. The summed E-state index contributed by atoms with van der Waals surface area (Å²) in [7, 11) is -2.99. The van der Waals surface area contributed by atoms with Crippen molar-refractivity contribution in [2.24, 2.45) is 5.92 Å². The van der Waals surface area contributed by atoms with Crippen LogP contribution in [0.5, 0.6) is 0 Å². The standard InChI is InChI=1S/C12H19NO5S/c14-11(7-9-4-6-19(17,18)8-9)13-5-2-1-3-10(13)12(15)16/h9-10H,1-8H2,(H,15,16)/t9?,10-/m0/s1. The lowest BCUT2D eigenvalue weighted by Crippen LogP contribution is -2.48. The molecular weight excluding hydrogens is 270 g/mol. The zero-order chi connectivity index (χ0) is 14.0. The average molecular weight is 289 g/mol. The lowest BCUT2D eigenvalue weighted by atomic mass is 9.99. The summed E-state index contributed by atoms with van der Waals surface area (Å²) in [6.07, 6.45) is 2.80. The summed E-state index contributed by atoms with van der Waals surface area (Å²) < 4.78 is 22.7. The van der Waals surface area contributed by atoms with Crippen LogP contribution in [0.15, 0.2) is 0 Å². The molecule has 1 N–H and O–H groups in total. The number of carboxylic acid groups (broad SMARTS) is 1. The number of hydrogen-bond donors (Lipinski definition) is 1. The van der Waals surface area contributed by atoms with Crippen molar-refractivity contribution in [1.82, 2.24) is 4.90 Å². The Bertz CT molecular complexity index is 473. The molecule has 19 heavy (non-hydrogen) atoms. The van der Waals surface area contributed by atoms with Crippen LogP contribution in [0.1, 0.15) is 32.1 Å². The van der Waals surface area contributed by atoms with Crippen molar-refractivity contribution in [1.29, 1.82) is 0 Å². The van der Waals surface area contributed by atoms with Crippen LogP contribution in [-0.2, 0) is 19.4 Å². The van der Waals surface area contributed by atoms with Crippen molar-refractivity contribution < 1.29 is 23.1 Å². The molecule has 0 bridgehead atoms. The minimum atomic E-state index is -2.99. The third-order valence-corrected chi connectivity index (χ3v) is 5.74. The van der Waals surface area contributed by atoms with Gasteiger partial charge in [-0.15, -0.1) is 0 Å². The Hall–Kier alpha value is -1.11. The maximum atomic E-state index is 12.1. The van der Waals surface area contributed by atoms with Crippen molar-refractivity contribution in [2.45, 2.75) is 38.1 Å². The number of carbonyl (C=O) groups is 2. The van der Waals surface area contributed by atoms with Crippen molar-refractivity contribution in [3.8, 4) is 0 Å². The molecule has 2 aliphatic heterocycles. The quantitative estimate of drug-likeness (QED) is 0.805. The number of likely N-dealkylation sites (tertiary alicyclic amines) is 1. The van der Waals surface area contributed by atoms with Gasteiger partial charge in [0, 0.05) is 13.0 Å². The molecule has 0 aromatic rings. The number of rotatable bonds is 3. The van der Waals surface area contributed by atoms with Gasteiger partial charge in [0.1, 0.15) is 6.04 Å². The fraction of sp³-hybridized carbons (Fsp3) is 0.833. The Morgan fingerprint density at radius 1 is 1.21 bits per heavy atom. The summed E-state index contributed by atoms with van der Waals surface area (Å²) in [6.45, 7) is 0.468. The molecule has 7 heteroatoms. The van der Waals surface area contributed by atoms with E-state index in [0.717, 1.165) is 12.8 Å². The van der Waals surface area contributed by atoms with E-state index in [1.807, 2.05) is 0 Å². The summed E-state index contributed by atoms with van der Waals surface area (Å²) in [5.41, 5.74) is 0. The first kappa shape index (κ1) is 14.3. The zero-order valence-corrected chi connectivity index (χ0v) is 11.6. The third-order valence-electron chi connectivity index (χ3n) is 3.90. The molecular formula is C12H19NO5S. The van der Waals surface area contributed by atoms with Gasteiger partial charge in [0.15, 0.2) is 9.84 Å². The van der Waals surface area contributed by atoms with E-state index in [2.05, 4.69) is 0 Å². The maximum Gasteiger partial charge on any atom is 0.326 e. The Balaban J connectivity index is 1.97. The first-order chi connectivity index (χ1) is 8.89. The maximum absolute atomic E-state index is 12.1. The zero-order valence-electron chi connectivity index (χ0n) is 10.7. The molecule has 1 amide bonds. The fourth-order valence-electron chi connectivity index (χ4n) is 2.88. The van der Waals surface area contributed by atoms with Gasteiger partial charge in [-0.1, -0.05) is 0 Å².